The molecule has 1 aromatic rings. The molecule has 0 N–H and O–H groups in total. The number of carbonyl (C=O) groups is 1. The molecule has 1 fully saturated rings. The Hall–Kier alpha value is -0.390. The van der Waals surface area contributed by atoms with Crippen LogP contribution >= 0.6 is 31.9 Å². The van der Waals surface area contributed by atoms with Crippen molar-refractivity contribution in [3.8, 4) is 0 Å². The molecule has 0 saturated carbocycles. The van der Waals surface area contributed by atoms with Crippen molar-refractivity contribution in [2.75, 3.05) is 27.2 Å². The Bertz CT molecular complexity index is 471. The van der Waals surface area contributed by atoms with Crippen molar-refractivity contribution >= 4 is 37.8 Å². The Morgan fingerprint density at radius 3 is 2.53 bits per heavy atom. The van der Waals surface area contributed by atoms with E-state index in [1.54, 1.807) is 0 Å². The van der Waals surface area contributed by atoms with Crippen LogP contribution in [0.15, 0.2) is 27.1 Å². The van der Waals surface area contributed by atoms with Gasteiger partial charge in [0.25, 0.3) is 5.91 Å². The minimum absolute atomic E-state index is 0.0916. The zero-order valence-electron chi connectivity index (χ0n) is 11.2. The summed E-state index contributed by atoms with van der Waals surface area (Å²) in [4.78, 5) is 16.7. The van der Waals surface area contributed by atoms with Gasteiger partial charge in [0.2, 0.25) is 0 Å². The van der Waals surface area contributed by atoms with Gasteiger partial charge in [-0.1, -0.05) is 15.9 Å². The largest absolute Gasteiger partial charge is 0.339 e. The summed E-state index contributed by atoms with van der Waals surface area (Å²) in [6.07, 6.45) is 2.10. The molecule has 0 bridgehead atoms. The molecule has 5 heteroatoms. The molecule has 0 aromatic heterocycles. The zero-order chi connectivity index (χ0) is 14.0. The molecule has 0 atom stereocenters. The van der Waals surface area contributed by atoms with Gasteiger partial charge in [-0.2, -0.15) is 0 Å². The Labute approximate surface area is 131 Å². The van der Waals surface area contributed by atoms with E-state index in [1.807, 2.05) is 30.1 Å². The third-order valence-corrected chi connectivity index (χ3v) is 4.87. The molecule has 1 heterocycles. The van der Waals surface area contributed by atoms with E-state index >= 15 is 0 Å². The molecule has 0 aliphatic carbocycles. The van der Waals surface area contributed by atoms with Crippen LogP contribution < -0.4 is 0 Å². The van der Waals surface area contributed by atoms with Gasteiger partial charge in [-0.3, -0.25) is 4.79 Å². The second-order valence-electron chi connectivity index (χ2n) is 5.07. The van der Waals surface area contributed by atoms with Crippen LogP contribution in [0.2, 0.25) is 0 Å². The number of amides is 1. The molecule has 2 rings (SSSR count). The monoisotopic (exact) mass is 388 g/mol. The lowest BCUT2D eigenvalue weighted by atomic mass is 10.0. The highest BCUT2D eigenvalue weighted by atomic mass is 79.9. The second-order valence-corrected chi connectivity index (χ2v) is 6.84. The van der Waals surface area contributed by atoms with E-state index in [-0.39, 0.29) is 5.91 Å². The van der Waals surface area contributed by atoms with Gasteiger partial charge < -0.3 is 9.80 Å². The summed E-state index contributed by atoms with van der Waals surface area (Å²) in [5, 5.41) is 0. The number of benzene rings is 1. The van der Waals surface area contributed by atoms with Crippen LogP contribution in [0.5, 0.6) is 0 Å². The molecule has 1 aromatic carbocycles. The lowest BCUT2D eigenvalue weighted by Gasteiger charge is -2.35. The number of nitrogens with zero attached hydrogens (tertiary/aromatic N) is 2. The van der Waals surface area contributed by atoms with Gasteiger partial charge in [0, 0.05) is 22.0 Å². The first kappa shape index (κ1) is 15.0. The molecule has 0 spiro atoms. The molecule has 1 amide bonds. The van der Waals surface area contributed by atoms with Crippen LogP contribution in [0, 0.1) is 0 Å². The standard InChI is InChI=1S/C14H18Br2N2O/c1-17-7-5-11(6-8-17)18(2)14(19)12-4-3-10(15)9-13(12)16/h3-4,9,11H,5-8H2,1-2H3. The second kappa shape index (κ2) is 6.37. The third kappa shape index (κ3) is 3.58. The van der Waals surface area contributed by atoms with Crippen molar-refractivity contribution in [3.05, 3.63) is 32.7 Å². The van der Waals surface area contributed by atoms with Gasteiger partial charge in [-0.25, -0.2) is 0 Å². The summed E-state index contributed by atoms with van der Waals surface area (Å²) in [5.74, 6) is 0.0916. The highest BCUT2D eigenvalue weighted by Gasteiger charge is 2.25. The molecular formula is C14H18Br2N2O. The topological polar surface area (TPSA) is 23.6 Å². The zero-order valence-corrected chi connectivity index (χ0v) is 14.4. The van der Waals surface area contributed by atoms with E-state index in [0.29, 0.717) is 6.04 Å². The van der Waals surface area contributed by atoms with Gasteiger partial charge in [-0.05, 0) is 67.1 Å². The predicted octanol–water partition coefficient (Wildman–Crippen LogP) is 3.38. The molecular weight excluding hydrogens is 372 g/mol. The van der Waals surface area contributed by atoms with Crippen LogP contribution in [-0.2, 0) is 0 Å². The van der Waals surface area contributed by atoms with E-state index in [4.69, 9.17) is 0 Å². The number of rotatable bonds is 2. The number of likely N-dealkylation sites (tertiary alicyclic amines) is 1. The summed E-state index contributed by atoms with van der Waals surface area (Å²) >= 11 is 6.87. The van der Waals surface area contributed by atoms with Crippen molar-refractivity contribution in [2.24, 2.45) is 0 Å². The summed E-state index contributed by atoms with van der Waals surface area (Å²) < 4.78 is 1.81. The first-order valence-electron chi connectivity index (χ1n) is 6.40. The van der Waals surface area contributed by atoms with Crippen molar-refractivity contribution < 1.29 is 4.79 Å². The molecule has 19 heavy (non-hydrogen) atoms. The first-order valence-corrected chi connectivity index (χ1v) is 7.98. The molecule has 3 nitrogen and oxygen atoms in total. The highest BCUT2D eigenvalue weighted by Crippen LogP contribution is 2.24. The van der Waals surface area contributed by atoms with Gasteiger partial charge in [0.1, 0.15) is 0 Å². The minimum Gasteiger partial charge on any atom is -0.339 e. The maximum Gasteiger partial charge on any atom is 0.254 e. The van der Waals surface area contributed by atoms with Gasteiger partial charge >= 0.3 is 0 Å². The van der Waals surface area contributed by atoms with Crippen LogP contribution in [-0.4, -0.2) is 48.9 Å². The third-order valence-electron chi connectivity index (χ3n) is 3.72. The van der Waals surface area contributed by atoms with E-state index in [0.717, 1.165) is 40.4 Å². The van der Waals surface area contributed by atoms with Gasteiger partial charge in [0.05, 0.1) is 5.56 Å². The Kier molecular flexibility index (Phi) is 5.03. The summed E-state index contributed by atoms with van der Waals surface area (Å²) in [6.45, 7) is 2.12. The summed E-state index contributed by atoms with van der Waals surface area (Å²) in [5.41, 5.74) is 0.727. The fourth-order valence-corrected chi connectivity index (χ4v) is 3.62. The van der Waals surface area contributed by atoms with Crippen LogP contribution in [0.1, 0.15) is 23.2 Å². The number of carbonyl (C=O) groups excluding carboxylic acids is 1. The number of hydrogen-bond acceptors (Lipinski definition) is 2. The normalized spacial score (nSPS) is 17.5. The van der Waals surface area contributed by atoms with Crippen LogP contribution in [0.4, 0.5) is 0 Å². The molecule has 1 aliphatic rings. The smallest absolute Gasteiger partial charge is 0.254 e. The minimum atomic E-state index is 0.0916. The molecule has 1 aliphatic heterocycles. The fraction of sp³-hybridized carbons (Fsp3) is 0.500. The molecule has 1 saturated heterocycles. The number of halogens is 2. The van der Waals surface area contributed by atoms with Crippen LogP contribution in [0.3, 0.4) is 0 Å². The lowest BCUT2D eigenvalue weighted by Crippen LogP contribution is -2.44. The quantitative estimate of drug-likeness (QED) is 0.774. The predicted molar refractivity (Wildman–Crippen MR) is 84.5 cm³/mol. The number of piperidine rings is 1. The molecule has 0 radical (unpaired) electrons. The van der Waals surface area contributed by atoms with E-state index in [9.17, 15) is 4.79 Å². The van der Waals surface area contributed by atoms with Gasteiger partial charge in [0.15, 0.2) is 0 Å². The molecule has 104 valence electrons. The van der Waals surface area contributed by atoms with E-state index < -0.39 is 0 Å². The van der Waals surface area contributed by atoms with Crippen molar-refractivity contribution in [1.82, 2.24) is 9.80 Å². The van der Waals surface area contributed by atoms with Crippen molar-refractivity contribution in [3.63, 3.8) is 0 Å². The highest BCUT2D eigenvalue weighted by molar-refractivity contribution is 9.11. The summed E-state index contributed by atoms with van der Waals surface area (Å²) in [7, 11) is 4.04. The number of hydrogen-bond donors (Lipinski definition) is 0. The SMILES string of the molecule is CN1CCC(N(C)C(=O)c2ccc(Br)cc2Br)CC1. The Balaban J connectivity index is 2.10. The van der Waals surface area contributed by atoms with Crippen LogP contribution in [0.25, 0.3) is 0 Å². The maximum atomic E-state index is 12.5. The average molecular weight is 390 g/mol. The average Bonchev–Trinajstić information content (AvgIpc) is 2.38. The van der Waals surface area contributed by atoms with E-state index in [1.165, 1.54) is 0 Å². The lowest BCUT2D eigenvalue weighted by molar-refractivity contribution is 0.0658. The first-order chi connectivity index (χ1) is 8.99. The Morgan fingerprint density at radius 1 is 1.32 bits per heavy atom. The van der Waals surface area contributed by atoms with Crippen molar-refractivity contribution in [1.29, 1.82) is 0 Å². The molecule has 0 unspecified atom stereocenters. The maximum absolute atomic E-state index is 12.5. The fourth-order valence-electron chi connectivity index (χ4n) is 2.40. The van der Waals surface area contributed by atoms with Gasteiger partial charge in [-0.15, -0.1) is 0 Å². The van der Waals surface area contributed by atoms with Crippen molar-refractivity contribution in [2.45, 2.75) is 18.9 Å². The summed E-state index contributed by atoms with van der Waals surface area (Å²) in [6, 6.07) is 6.03. The van der Waals surface area contributed by atoms with E-state index in [2.05, 4.69) is 43.8 Å². The Morgan fingerprint density at radius 2 is 1.95 bits per heavy atom.